The van der Waals surface area contributed by atoms with E-state index in [9.17, 15) is 14.0 Å². The van der Waals surface area contributed by atoms with Crippen LogP contribution in [0.2, 0.25) is 0 Å². The fraction of sp³-hybridized carbons (Fsp3) is 0.765. The molecule has 0 bridgehead atoms. The predicted molar refractivity (Wildman–Crippen MR) is 91.9 cm³/mol. The highest BCUT2D eigenvalue weighted by Crippen LogP contribution is 2.04. The maximum Gasteiger partial charge on any atom is 0.303 e. The van der Waals surface area contributed by atoms with Crippen LogP contribution in [0.5, 0.6) is 0 Å². The van der Waals surface area contributed by atoms with E-state index in [0.717, 1.165) is 44.3 Å². The topological polar surface area (TPSA) is 97.1 Å². The van der Waals surface area contributed by atoms with Crippen LogP contribution in [0, 0.1) is 0 Å². The molecule has 142 valence electrons. The molecule has 2 N–H and O–H groups in total. The van der Waals surface area contributed by atoms with Gasteiger partial charge in [0.15, 0.2) is 0 Å². The van der Waals surface area contributed by atoms with E-state index in [-0.39, 0.29) is 19.0 Å². The highest BCUT2D eigenvalue weighted by molar-refractivity contribution is 5.75. The van der Waals surface area contributed by atoms with E-state index in [1.54, 1.807) is 4.68 Å². The van der Waals surface area contributed by atoms with Crippen LogP contribution in [0.1, 0.15) is 63.5 Å². The Balaban J connectivity index is 1.95. The molecule has 1 aromatic rings. The lowest BCUT2D eigenvalue weighted by molar-refractivity contribution is -0.137. The molecule has 0 saturated heterocycles. The molecule has 1 amide bonds. The van der Waals surface area contributed by atoms with Crippen molar-refractivity contribution in [2.24, 2.45) is 0 Å². The Morgan fingerprint density at radius 3 is 2.60 bits per heavy atom. The maximum absolute atomic E-state index is 12.1. The summed E-state index contributed by atoms with van der Waals surface area (Å²) in [5, 5.41) is 19.4. The zero-order valence-corrected chi connectivity index (χ0v) is 14.8. The summed E-state index contributed by atoms with van der Waals surface area (Å²) < 4.78 is 13.9. The van der Waals surface area contributed by atoms with Gasteiger partial charge in [-0.15, -0.1) is 5.10 Å². The van der Waals surface area contributed by atoms with Crippen molar-refractivity contribution >= 4 is 11.9 Å². The number of hydrogen-bond donors (Lipinski definition) is 2. The number of alkyl halides is 1. The molecular formula is C17H29FN4O3. The lowest BCUT2D eigenvalue weighted by atomic mass is 10.1. The third-order valence-corrected chi connectivity index (χ3v) is 3.83. The number of rotatable bonds is 15. The largest absolute Gasteiger partial charge is 0.481 e. The second kappa shape index (κ2) is 13.3. The third-order valence-electron chi connectivity index (χ3n) is 3.83. The number of unbranched alkanes of at least 4 members (excludes halogenated alkanes) is 4. The monoisotopic (exact) mass is 356 g/mol. The molecule has 7 nitrogen and oxygen atoms in total. The molecule has 8 heteroatoms. The number of nitrogens with one attached hydrogen (secondary N) is 1. The zero-order valence-electron chi connectivity index (χ0n) is 14.8. The van der Waals surface area contributed by atoms with Crippen molar-refractivity contribution in [3.8, 4) is 0 Å². The molecule has 0 fully saturated rings. The molecule has 0 aliphatic rings. The van der Waals surface area contributed by atoms with Crippen molar-refractivity contribution in [1.82, 2.24) is 20.3 Å². The average Bonchev–Trinajstić information content (AvgIpc) is 3.03. The molecule has 0 aliphatic carbocycles. The Morgan fingerprint density at radius 1 is 1.08 bits per heavy atom. The first kappa shape index (κ1) is 21.1. The summed E-state index contributed by atoms with van der Waals surface area (Å²) in [6, 6.07) is 0. The van der Waals surface area contributed by atoms with E-state index in [2.05, 4.69) is 15.6 Å². The highest BCUT2D eigenvalue weighted by Gasteiger charge is 2.03. The summed E-state index contributed by atoms with van der Waals surface area (Å²) in [4.78, 5) is 22.0. The molecule has 25 heavy (non-hydrogen) atoms. The minimum atomic E-state index is -0.772. The van der Waals surface area contributed by atoms with E-state index in [4.69, 9.17) is 5.11 Å². The molecule has 1 rings (SSSR count). The van der Waals surface area contributed by atoms with Crippen LogP contribution in [-0.2, 0) is 22.6 Å². The van der Waals surface area contributed by atoms with Gasteiger partial charge in [-0.3, -0.25) is 18.7 Å². The van der Waals surface area contributed by atoms with Crippen molar-refractivity contribution in [3.05, 3.63) is 11.9 Å². The standard InChI is InChI=1S/C17H29FN4O3/c18-11-7-8-15-14-22(21-20-15)13-6-2-3-9-16(23)19-12-5-1-4-10-17(24)25/h14H,1-13H2,(H,19,23)(H,24,25). The first-order valence-corrected chi connectivity index (χ1v) is 9.05. The highest BCUT2D eigenvalue weighted by atomic mass is 19.1. The van der Waals surface area contributed by atoms with E-state index in [1.165, 1.54) is 0 Å². The van der Waals surface area contributed by atoms with Gasteiger partial charge in [0.2, 0.25) is 5.91 Å². The van der Waals surface area contributed by atoms with Crippen molar-refractivity contribution in [2.45, 2.75) is 70.8 Å². The van der Waals surface area contributed by atoms with Crippen LogP contribution in [0.4, 0.5) is 4.39 Å². The van der Waals surface area contributed by atoms with Gasteiger partial charge in [-0.05, 0) is 38.5 Å². The van der Waals surface area contributed by atoms with E-state index < -0.39 is 5.97 Å². The van der Waals surface area contributed by atoms with Gasteiger partial charge in [0.25, 0.3) is 0 Å². The molecule has 0 atom stereocenters. The summed E-state index contributed by atoms with van der Waals surface area (Å²) in [6.07, 6.45) is 8.63. The van der Waals surface area contributed by atoms with Gasteiger partial charge in [-0.25, -0.2) is 0 Å². The summed E-state index contributed by atoms with van der Waals surface area (Å²) >= 11 is 0. The molecule has 1 heterocycles. The number of aromatic nitrogens is 3. The number of halogens is 1. The van der Waals surface area contributed by atoms with Gasteiger partial charge in [0.05, 0.1) is 12.4 Å². The summed E-state index contributed by atoms with van der Waals surface area (Å²) in [5.74, 6) is -0.724. The molecule has 0 saturated carbocycles. The van der Waals surface area contributed by atoms with Gasteiger partial charge >= 0.3 is 5.97 Å². The van der Waals surface area contributed by atoms with Crippen LogP contribution in [0.25, 0.3) is 0 Å². The Labute approximate surface area is 148 Å². The molecule has 0 unspecified atom stereocenters. The first-order valence-electron chi connectivity index (χ1n) is 9.05. The lowest BCUT2D eigenvalue weighted by Crippen LogP contribution is -2.24. The fourth-order valence-corrected chi connectivity index (χ4v) is 2.44. The van der Waals surface area contributed by atoms with E-state index >= 15 is 0 Å². The molecule has 0 aromatic carbocycles. The Hall–Kier alpha value is -1.99. The number of nitrogens with zero attached hydrogens (tertiary/aromatic N) is 3. The van der Waals surface area contributed by atoms with E-state index in [1.807, 2.05) is 6.20 Å². The molecule has 0 radical (unpaired) electrons. The summed E-state index contributed by atoms with van der Waals surface area (Å²) in [5.41, 5.74) is 0.820. The van der Waals surface area contributed by atoms with Gasteiger partial charge in [0.1, 0.15) is 0 Å². The van der Waals surface area contributed by atoms with Gasteiger partial charge < -0.3 is 10.4 Å². The van der Waals surface area contributed by atoms with Crippen LogP contribution >= 0.6 is 0 Å². The normalized spacial score (nSPS) is 10.8. The van der Waals surface area contributed by atoms with Gasteiger partial charge in [-0.2, -0.15) is 0 Å². The number of carbonyl (C=O) groups excluding carboxylic acids is 1. The van der Waals surface area contributed by atoms with Crippen molar-refractivity contribution in [1.29, 1.82) is 0 Å². The van der Waals surface area contributed by atoms with Gasteiger partial charge in [-0.1, -0.05) is 18.1 Å². The molecule has 0 spiro atoms. The quantitative estimate of drug-likeness (QED) is 0.471. The second-order valence-electron chi connectivity index (χ2n) is 6.13. The van der Waals surface area contributed by atoms with Crippen molar-refractivity contribution < 1.29 is 19.1 Å². The Bertz CT molecular complexity index is 508. The SMILES string of the molecule is O=C(O)CCCCCNC(=O)CCCCCn1cc(CCCF)nn1. The molecule has 0 aliphatic heterocycles. The number of hydrogen-bond acceptors (Lipinski definition) is 4. The summed E-state index contributed by atoms with van der Waals surface area (Å²) in [7, 11) is 0. The van der Waals surface area contributed by atoms with Crippen LogP contribution in [0.15, 0.2) is 6.20 Å². The first-order chi connectivity index (χ1) is 12.1. The van der Waals surface area contributed by atoms with E-state index in [0.29, 0.717) is 32.2 Å². The predicted octanol–water partition coefficient (Wildman–Crippen LogP) is 2.50. The second-order valence-corrected chi connectivity index (χ2v) is 6.13. The number of amides is 1. The number of carbonyl (C=O) groups is 2. The maximum atomic E-state index is 12.1. The molecular weight excluding hydrogens is 327 g/mol. The zero-order chi connectivity index (χ0) is 18.3. The van der Waals surface area contributed by atoms with Crippen LogP contribution in [0.3, 0.4) is 0 Å². The van der Waals surface area contributed by atoms with Crippen LogP contribution < -0.4 is 5.32 Å². The van der Waals surface area contributed by atoms with Crippen LogP contribution in [-0.4, -0.2) is 45.2 Å². The smallest absolute Gasteiger partial charge is 0.303 e. The number of aryl methyl sites for hydroxylation is 2. The third kappa shape index (κ3) is 11.2. The molecule has 1 aromatic heterocycles. The summed E-state index contributed by atoms with van der Waals surface area (Å²) in [6.45, 7) is 1.03. The minimum absolute atomic E-state index is 0.0486. The Kier molecular flexibility index (Phi) is 11.2. The Morgan fingerprint density at radius 2 is 1.84 bits per heavy atom. The lowest BCUT2D eigenvalue weighted by Gasteiger charge is -2.05. The van der Waals surface area contributed by atoms with Crippen molar-refractivity contribution in [2.75, 3.05) is 13.2 Å². The number of carboxylic acids is 1. The average molecular weight is 356 g/mol. The number of carboxylic acid groups (broad SMARTS) is 1. The van der Waals surface area contributed by atoms with Gasteiger partial charge in [0, 0.05) is 32.1 Å². The van der Waals surface area contributed by atoms with Crippen molar-refractivity contribution in [3.63, 3.8) is 0 Å². The fourth-order valence-electron chi connectivity index (χ4n) is 2.44. The minimum Gasteiger partial charge on any atom is -0.481 e. The number of aliphatic carboxylic acids is 1.